The number of ether oxygens (including phenoxy) is 4. The molecule has 1 N–H and O–H groups in total. The summed E-state index contributed by atoms with van der Waals surface area (Å²) in [5.41, 5.74) is -2.27. The highest BCUT2D eigenvalue weighted by Crippen LogP contribution is 2.20. The predicted molar refractivity (Wildman–Crippen MR) is 119 cm³/mol. The number of rotatable bonds is 17. The Kier molecular flexibility index (Phi) is 21.9. The maximum atomic E-state index is 12.4. The van der Waals surface area contributed by atoms with E-state index in [-0.39, 0.29) is 19.8 Å². The number of carbonyl (C=O) groups is 3. The maximum absolute atomic E-state index is 12.4. The van der Waals surface area contributed by atoms with Crippen molar-refractivity contribution >= 4 is 17.9 Å². The van der Waals surface area contributed by atoms with Crippen molar-refractivity contribution in [1.82, 2.24) is 0 Å². The van der Waals surface area contributed by atoms with Crippen LogP contribution in [-0.4, -0.2) is 62.7 Å². The molecular weight excluding hydrogens is 404 g/mol. The molecule has 0 aromatic heterocycles. The van der Waals surface area contributed by atoms with E-state index >= 15 is 0 Å². The van der Waals surface area contributed by atoms with Gasteiger partial charge in [0.1, 0.15) is 0 Å². The van der Waals surface area contributed by atoms with Gasteiger partial charge >= 0.3 is 17.9 Å². The third kappa shape index (κ3) is 18.8. The van der Waals surface area contributed by atoms with E-state index in [1.807, 2.05) is 20.8 Å². The molecule has 0 bridgehead atoms. The summed E-state index contributed by atoms with van der Waals surface area (Å²) < 4.78 is 19.5. The monoisotopic (exact) mass is 448 g/mol. The lowest BCUT2D eigenvalue weighted by Crippen LogP contribution is -2.45. The fourth-order valence-corrected chi connectivity index (χ4v) is 2.51. The molecule has 0 aromatic carbocycles. The third-order valence-electron chi connectivity index (χ3n) is 4.26. The number of esters is 3. The molecule has 0 atom stereocenters. The number of hydrogen-bond acceptors (Lipinski definition) is 8. The van der Waals surface area contributed by atoms with Crippen LogP contribution in [-0.2, 0) is 33.3 Å². The quantitative estimate of drug-likeness (QED) is 0.202. The fourth-order valence-electron chi connectivity index (χ4n) is 2.51. The van der Waals surface area contributed by atoms with Crippen LogP contribution in [0.1, 0.15) is 91.4 Å². The minimum Gasteiger partial charge on any atom is -0.466 e. The van der Waals surface area contributed by atoms with Crippen molar-refractivity contribution in [2.45, 2.75) is 97.0 Å². The highest BCUT2D eigenvalue weighted by Gasteiger charge is 2.43. The summed E-state index contributed by atoms with van der Waals surface area (Å²) >= 11 is 0. The average molecular weight is 449 g/mol. The Morgan fingerprint density at radius 1 is 0.645 bits per heavy atom. The summed E-state index contributed by atoms with van der Waals surface area (Å²) in [5.74, 6) is -2.45. The summed E-state index contributed by atoms with van der Waals surface area (Å²) in [5, 5.41) is 10.7. The van der Waals surface area contributed by atoms with Gasteiger partial charge in [-0.2, -0.15) is 0 Å². The molecule has 31 heavy (non-hydrogen) atoms. The zero-order valence-corrected chi connectivity index (χ0v) is 20.2. The van der Waals surface area contributed by atoms with E-state index in [1.54, 1.807) is 14.2 Å². The van der Waals surface area contributed by atoms with Crippen molar-refractivity contribution in [3.05, 3.63) is 0 Å². The van der Waals surface area contributed by atoms with Crippen LogP contribution in [0.15, 0.2) is 0 Å². The Labute approximate surface area is 188 Å². The van der Waals surface area contributed by atoms with Crippen molar-refractivity contribution in [3.8, 4) is 0 Å². The first-order valence-corrected chi connectivity index (χ1v) is 11.4. The lowest BCUT2D eigenvalue weighted by Gasteiger charge is -2.24. The van der Waals surface area contributed by atoms with Gasteiger partial charge in [-0.25, -0.2) is 4.79 Å². The molecule has 0 aliphatic heterocycles. The second-order valence-corrected chi connectivity index (χ2v) is 7.49. The Morgan fingerprint density at radius 2 is 0.968 bits per heavy atom. The van der Waals surface area contributed by atoms with Crippen molar-refractivity contribution in [1.29, 1.82) is 0 Å². The molecule has 0 saturated heterocycles. The predicted octanol–water partition coefficient (Wildman–Crippen LogP) is 3.96. The molecule has 0 rings (SSSR count). The first kappa shape index (κ1) is 31.5. The number of carbonyl (C=O) groups excluding carboxylic acids is 3. The number of unbranched alkanes of at least 4 members (excludes halogenated alkanes) is 6. The number of methoxy groups -OCH3 is 1. The lowest BCUT2D eigenvalue weighted by atomic mass is 9.95. The second-order valence-electron chi connectivity index (χ2n) is 7.49. The average Bonchev–Trinajstić information content (AvgIpc) is 2.72. The molecule has 184 valence electrons. The van der Waals surface area contributed by atoms with Gasteiger partial charge in [0.2, 0.25) is 0 Å². The van der Waals surface area contributed by atoms with Crippen molar-refractivity contribution in [2.75, 3.05) is 34.0 Å². The van der Waals surface area contributed by atoms with E-state index in [0.29, 0.717) is 19.3 Å². The van der Waals surface area contributed by atoms with Crippen molar-refractivity contribution in [3.63, 3.8) is 0 Å². The Morgan fingerprint density at radius 3 is 1.29 bits per heavy atom. The van der Waals surface area contributed by atoms with Gasteiger partial charge in [-0.05, 0) is 19.3 Å². The molecule has 8 nitrogen and oxygen atoms in total. The lowest BCUT2D eigenvalue weighted by molar-refractivity contribution is -0.178. The zero-order chi connectivity index (χ0) is 24.0. The first-order chi connectivity index (χ1) is 14.8. The maximum Gasteiger partial charge on any atom is 0.339 e. The minimum atomic E-state index is -2.27. The van der Waals surface area contributed by atoms with E-state index in [1.165, 1.54) is 0 Å². The topological polar surface area (TPSA) is 108 Å². The van der Waals surface area contributed by atoms with Gasteiger partial charge in [0.05, 0.1) is 32.7 Å². The largest absolute Gasteiger partial charge is 0.466 e. The van der Waals surface area contributed by atoms with Crippen LogP contribution < -0.4 is 0 Å². The molecule has 0 aliphatic carbocycles. The molecule has 0 spiro atoms. The van der Waals surface area contributed by atoms with Crippen LogP contribution in [0.5, 0.6) is 0 Å². The van der Waals surface area contributed by atoms with Crippen LogP contribution in [0, 0.1) is 0 Å². The third-order valence-corrected chi connectivity index (χ3v) is 4.26. The summed E-state index contributed by atoms with van der Waals surface area (Å²) in [7, 11) is 3.25. The van der Waals surface area contributed by atoms with E-state index < -0.39 is 36.4 Å². The van der Waals surface area contributed by atoms with Gasteiger partial charge in [0.25, 0.3) is 0 Å². The van der Waals surface area contributed by atoms with Gasteiger partial charge < -0.3 is 24.1 Å². The summed E-state index contributed by atoms with van der Waals surface area (Å²) in [4.78, 5) is 36.4. The van der Waals surface area contributed by atoms with Gasteiger partial charge in [0.15, 0.2) is 5.60 Å². The van der Waals surface area contributed by atoms with E-state index in [4.69, 9.17) is 14.2 Å². The highest BCUT2D eigenvalue weighted by molar-refractivity contribution is 5.90. The van der Waals surface area contributed by atoms with Crippen LogP contribution in [0.4, 0.5) is 0 Å². The minimum absolute atomic E-state index is 0.131. The van der Waals surface area contributed by atoms with E-state index in [0.717, 1.165) is 38.5 Å². The van der Waals surface area contributed by atoms with E-state index in [9.17, 15) is 19.5 Å². The molecule has 0 heterocycles. The smallest absolute Gasteiger partial charge is 0.339 e. The zero-order valence-electron chi connectivity index (χ0n) is 20.2. The van der Waals surface area contributed by atoms with Crippen LogP contribution in [0.25, 0.3) is 0 Å². The molecule has 0 unspecified atom stereocenters. The van der Waals surface area contributed by atoms with Gasteiger partial charge in [-0.15, -0.1) is 0 Å². The van der Waals surface area contributed by atoms with Crippen LogP contribution >= 0.6 is 0 Å². The molecule has 0 fully saturated rings. The van der Waals surface area contributed by atoms with Crippen LogP contribution in [0.3, 0.4) is 0 Å². The Hall–Kier alpha value is -1.67. The number of hydrogen-bond donors (Lipinski definition) is 1. The Bertz CT molecular complexity index is 438. The van der Waals surface area contributed by atoms with Crippen molar-refractivity contribution < 1.29 is 38.4 Å². The molecule has 0 amide bonds. The molecule has 8 heteroatoms. The molecular formula is C23H44O8. The summed E-state index contributed by atoms with van der Waals surface area (Å²) in [6.45, 7) is 6.64. The standard InChI is InChI=1S/C21H38O7.C2H6O/c1-4-7-10-13-26-18(22)16-21(25,20(24)28-15-12-9-6-3)17-19(23)27-14-11-8-5-2;1-3-2/h25H,4-17H2,1-3H3;1-2H3. The SMILES string of the molecule is CCCCCOC(=O)CC(O)(CC(=O)OCCCCC)C(=O)OCCCCC.COC. The Balaban J connectivity index is 0. The molecule has 0 aliphatic rings. The first-order valence-electron chi connectivity index (χ1n) is 11.4. The van der Waals surface area contributed by atoms with Crippen molar-refractivity contribution in [2.24, 2.45) is 0 Å². The molecule has 0 aromatic rings. The van der Waals surface area contributed by atoms with Gasteiger partial charge in [0, 0.05) is 14.2 Å². The summed E-state index contributed by atoms with van der Waals surface area (Å²) in [6, 6.07) is 0. The van der Waals surface area contributed by atoms with Gasteiger partial charge in [-0.1, -0.05) is 59.3 Å². The van der Waals surface area contributed by atoms with E-state index in [2.05, 4.69) is 4.74 Å². The normalized spacial score (nSPS) is 10.6. The fraction of sp³-hybridized carbons (Fsp3) is 0.870. The molecule has 0 radical (unpaired) electrons. The molecule has 0 saturated carbocycles. The highest BCUT2D eigenvalue weighted by atomic mass is 16.6. The summed E-state index contributed by atoms with van der Waals surface area (Å²) in [6.07, 6.45) is 6.45. The van der Waals surface area contributed by atoms with Gasteiger partial charge in [-0.3, -0.25) is 9.59 Å². The number of aliphatic hydroxyl groups is 1. The van der Waals surface area contributed by atoms with Crippen LogP contribution in [0.2, 0.25) is 0 Å². The second kappa shape index (κ2) is 21.6.